The molecule has 100 valence electrons. The lowest BCUT2D eigenvalue weighted by molar-refractivity contribution is 0.952. The van der Waals surface area contributed by atoms with Gasteiger partial charge in [-0.15, -0.1) is 0 Å². The molecule has 4 N–H and O–H groups in total. The van der Waals surface area contributed by atoms with E-state index in [0.29, 0.717) is 20.8 Å². The van der Waals surface area contributed by atoms with Crippen LogP contribution in [0.2, 0.25) is 10.0 Å². The molecular formula is C14H13Cl3N2. The van der Waals surface area contributed by atoms with E-state index in [4.69, 9.17) is 46.3 Å². The molecule has 1 aromatic rings. The number of nitrogens with two attached hydrogens (primary N) is 2. The van der Waals surface area contributed by atoms with Crippen molar-refractivity contribution in [3.8, 4) is 0 Å². The quantitative estimate of drug-likeness (QED) is 0.756. The Hall–Kier alpha value is -0.930. The summed E-state index contributed by atoms with van der Waals surface area (Å²) >= 11 is 18.5. The summed E-state index contributed by atoms with van der Waals surface area (Å²) in [6.45, 7) is 1.94. The summed E-state index contributed by atoms with van der Waals surface area (Å²) in [4.78, 5) is 0. The van der Waals surface area contributed by atoms with E-state index in [1.54, 1.807) is 18.2 Å². The maximum absolute atomic E-state index is 6.28. The molecule has 0 heterocycles. The third kappa shape index (κ3) is 2.98. The Morgan fingerprint density at radius 2 is 1.79 bits per heavy atom. The van der Waals surface area contributed by atoms with Gasteiger partial charge in [-0.1, -0.05) is 52.5 Å². The number of halogens is 3. The van der Waals surface area contributed by atoms with Crippen LogP contribution >= 0.6 is 34.8 Å². The minimum absolute atomic E-state index is 0.158. The summed E-state index contributed by atoms with van der Waals surface area (Å²) in [5, 5.41) is 1.51. The molecule has 0 saturated heterocycles. The lowest BCUT2D eigenvalue weighted by atomic mass is 10.0. The Morgan fingerprint density at radius 3 is 2.47 bits per heavy atom. The topological polar surface area (TPSA) is 52.0 Å². The van der Waals surface area contributed by atoms with Crippen LogP contribution in [0, 0.1) is 0 Å². The predicted molar refractivity (Wildman–Crippen MR) is 84.5 cm³/mol. The molecule has 0 amide bonds. The average Bonchev–Trinajstić information content (AvgIpc) is 2.47. The molecule has 2 nitrogen and oxygen atoms in total. The third-order valence-corrected chi connectivity index (χ3v) is 3.95. The van der Waals surface area contributed by atoms with Gasteiger partial charge in [-0.2, -0.15) is 0 Å². The van der Waals surface area contributed by atoms with Crippen LogP contribution in [0.15, 0.2) is 41.0 Å². The molecule has 0 aromatic heterocycles. The second-order valence-corrected chi connectivity index (χ2v) is 5.61. The van der Waals surface area contributed by atoms with E-state index in [2.05, 4.69) is 0 Å². The van der Waals surface area contributed by atoms with Gasteiger partial charge in [-0.3, -0.25) is 0 Å². The molecule has 5 heteroatoms. The van der Waals surface area contributed by atoms with E-state index < -0.39 is 0 Å². The third-order valence-electron chi connectivity index (χ3n) is 2.98. The van der Waals surface area contributed by atoms with Gasteiger partial charge in [0.25, 0.3) is 0 Å². The summed E-state index contributed by atoms with van der Waals surface area (Å²) in [6, 6.07) is 3.17. The molecular weight excluding hydrogens is 303 g/mol. The van der Waals surface area contributed by atoms with Crippen molar-refractivity contribution in [2.24, 2.45) is 5.73 Å². The van der Waals surface area contributed by atoms with E-state index >= 15 is 0 Å². The molecule has 0 spiro atoms. The SMILES string of the molecule is CC1=CC(c2cc(Cl)c(N)cc2Cl)=C(Cl)C=CC1N. The molecule has 1 aliphatic carbocycles. The van der Waals surface area contributed by atoms with E-state index in [0.717, 1.165) is 16.7 Å². The molecule has 19 heavy (non-hydrogen) atoms. The lowest BCUT2D eigenvalue weighted by Crippen LogP contribution is -2.17. The van der Waals surface area contributed by atoms with E-state index in [9.17, 15) is 0 Å². The zero-order valence-electron chi connectivity index (χ0n) is 10.3. The Balaban J connectivity index is 2.64. The van der Waals surface area contributed by atoms with Crippen LogP contribution in [-0.4, -0.2) is 6.04 Å². The fourth-order valence-electron chi connectivity index (χ4n) is 1.80. The van der Waals surface area contributed by atoms with Crippen molar-refractivity contribution in [2.45, 2.75) is 13.0 Å². The van der Waals surface area contributed by atoms with Crippen molar-refractivity contribution in [2.75, 3.05) is 5.73 Å². The largest absolute Gasteiger partial charge is 0.397 e. The van der Waals surface area contributed by atoms with Crippen LogP contribution in [0.25, 0.3) is 5.57 Å². The first kappa shape index (κ1) is 14.5. The van der Waals surface area contributed by atoms with E-state index in [-0.39, 0.29) is 6.04 Å². The van der Waals surface area contributed by atoms with Gasteiger partial charge in [-0.25, -0.2) is 0 Å². The highest BCUT2D eigenvalue weighted by Gasteiger charge is 2.15. The van der Waals surface area contributed by atoms with Gasteiger partial charge in [-0.05, 0) is 25.1 Å². The molecule has 0 bridgehead atoms. The molecule has 1 atom stereocenters. The average molecular weight is 316 g/mol. The van der Waals surface area contributed by atoms with Crippen LogP contribution < -0.4 is 11.5 Å². The highest BCUT2D eigenvalue weighted by Crippen LogP contribution is 2.36. The van der Waals surface area contributed by atoms with Crippen LogP contribution in [0.3, 0.4) is 0 Å². The normalized spacial score (nSPS) is 19.4. The first-order valence-corrected chi connectivity index (χ1v) is 6.80. The Bertz CT molecular complexity index is 615. The van der Waals surface area contributed by atoms with E-state index in [1.165, 1.54) is 0 Å². The zero-order chi connectivity index (χ0) is 14.2. The lowest BCUT2D eigenvalue weighted by Gasteiger charge is -2.10. The highest BCUT2D eigenvalue weighted by atomic mass is 35.5. The Morgan fingerprint density at radius 1 is 1.11 bits per heavy atom. The van der Waals surface area contributed by atoms with Gasteiger partial charge >= 0.3 is 0 Å². The van der Waals surface area contributed by atoms with Crippen LogP contribution in [0.5, 0.6) is 0 Å². The van der Waals surface area contributed by atoms with Crippen molar-refractivity contribution < 1.29 is 0 Å². The molecule has 1 aliphatic rings. The summed E-state index contributed by atoms with van der Waals surface area (Å²) in [5.74, 6) is 0. The molecule has 0 saturated carbocycles. The number of benzene rings is 1. The standard InChI is InChI=1S/C14H13Cl3N2/c1-7-4-8(10(15)2-3-13(7)18)9-5-12(17)14(19)6-11(9)16/h2-6,13H,18-19H2,1H3. The monoisotopic (exact) mass is 314 g/mol. The van der Waals surface area contributed by atoms with Crippen LogP contribution in [0.1, 0.15) is 12.5 Å². The number of nitrogen functional groups attached to an aromatic ring is 1. The van der Waals surface area contributed by atoms with Crippen molar-refractivity contribution in [1.29, 1.82) is 0 Å². The first-order valence-electron chi connectivity index (χ1n) is 5.67. The van der Waals surface area contributed by atoms with Crippen molar-refractivity contribution in [3.05, 3.63) is 56.6 Å². The second kappa shape index (κ2) is 5.59. The number of hydrogen-bond donors (Lipinski definition) is 2. The number of rotatable bonds is 1. The minimum atomic E-state index is -0.158. The van der Waals surface area contributed by atoms with Crippen molar-refractivity contribution >= 4 is 46.1 Å². The maximum atomic E-state index is 6.28. The molecule has 1 aromatic carbocycles. The zero-order valence-corrected chi connectivity index (χ0v) is 12.5. The fourth-order valence-corrected chi connectivity index (χ4v) is 2.46. The summed E-state index contributed by atoms with van der Waals surface area (Å²) in [7, 11) is 0. The highest BCUT2D eigenvalue weighted by molar-refractivity contribution is 6.38. The van der Waals surface area contributed by atoms with Crippen LogP contribution in [-0.2, 0) is 0 Å². The Labute approximate surface area is 127 Å². The van der Waals surface area contributed by atoms with Gasteiger partial charge < -0.3 is 11.5 Å². The number of anilines is 1. The first-order chi connectivity index (χ1) is 8.90. The van der Waals surface area contributed by atoms with Crippen molar-refractivity contribution in [3.63, 3.8) is 0 Å². The van der Waals surface area contributed by atoms with Crippen LogP contribution in [0.4, 0.5) is 5.69 Å². The second-order valence-electron chi connectivity index (χ2n) is 4.39. The predicted octanol–water partition coefficient (Wildman–Crippen LogP) is 4.37. The van der Waals surface area contributed by atoms with Gasteiger partial charge in [0.05, 0.1) is 15.7 Å². The Kier molecular flexibility index (Phi) is 4.26. The fraction of sp³-hybridized carbons (Fsp3) is 0.143. The summed E-state index contributed by atoms with van der Waals surface area (Å²) in [6.07, 6.45) is 5.53. The van der Waals surface area contributed by atoms with Gasteiger partial charge in [0.1, 0.15) is 0 Å². The van der Waals surface area contributed by atoms with Gasteiger partial charge in [0.15, 0.2) is 0 Å². The van der Waals surface area contributed by atoms with E-state index in [1.807, 2.05) is 19.1 Å². The van der Waals surface area contributed by atoms with Gasteiger partial charge in [0, 0.05) is 22.2 Å². The maximum Gasteiger partial charge on any atom is 0.0642 e. The molecule has 2 rings (SSSR count). The molecule has 0 radical (unpaired) electrons. The number of allylic oxidation sites excluding steroid dienone is 4. The molecule has 0 fully saturated rings. The van der Waals surface area contributed by atoms with Crippen molar-refractivity contribution in [1.82, 2.24) is 0 Å². The van der Waals surface area contributed by atoms with Gasteiger partial charge in [0.2, 0.25) is 0 Å². The summed E-state index contributed by atoms with van der Waals surface area (Å²) in [5.41, 5.74) is 14.6. The molecule has 0 aliphatic heterocycles. The molecule has 1 unspecified atom stereocenters. The summed E-state index contributed by atoms with van der Waals surface area (Å²) < 4.78 is 0. The minimum Gasteiger partial charge on any atom is -0.397 e. The smallest absolute Gasteiger partial charge is 0.0642 e. The number of hydrogen-bond acceptors (Lipinski definition) is 2.